The third-order valence-corrected chi connectivity index (χ3v) is 6.54. The standard InChI is InChI=1S/2C8H19O4P.2C5H13NO.2H2O/c2*1-3-5-7-11-13(9,10)12-8-6-4-2;2*1-6(2)4-3-5-7;;/h2*3-8H2,1-2H3,(H,9,10);2*7H,3-5H2,1-2H3;2*1H2/p-2. The van der Waals surface area contributed by atoms with E-state index in [-0.39, 0.29) is 37.4 Å². The summed E-state index contributed by atoms with van der Waals surface area (Å²) in [6.45, 7) is 11.5. The van der Waals surface area contributed by atoms with E-state index < -0.39 is 15.6 Å². The van der Waals surface area contributed by atoms with Crippen molar-refractivity contribution in [3.05, 3.63) is 0 Å². The van der Waals surface area contributed by atoms with E-state index in [1.807, 2.05) is 55.9 Å². The first-order valence-corrected chi connectivity index (χ1v) is 17.5. The molecule has 0 fully saturated rings. The van der Waals surface area contributed by atoms with Gasteiger partial charge in [-0.3, -0.25) is 13.6 Å². The molecule has 0 aromatic carbocycles. The van der Waals surface area contributed by atoms with Gasteiger partial charge in [-0.25, -0.2) is 4.57 Å². The normalized spacial score (nSPS) is 10.8. The number of unbranched alkanes of at least 4 members (excludes halogenated alkanes) is 4. The molecule has 0 aromatic rings. The van der Waals surface area contributed by atoms with E-state index in [4.69, 9.17) is 24.2 Å². The number of aliphatic hydroxyl groups is 2. The average Bonchev–Trinajstić information content (AvgIpc) is 2.87. The number of phosphoric acid groups is 2. The van der Waals surface area contributed by atoms with Crippen molar-refractivity contribution in [3.8, 4) is 0 Å². The quantitative estimate of drug-likeness (QED) is 0.111. The van der Waals surface area contributed by atoms with Crippen LogP contribution in [0, 0.1) is 0 Å². The van der Waals surface area contributed by atoms with Crippen molar-refractivity contribution in [2.75, 3.05) is 80.9 Å². The molecule has 6 N–H and O–H groups in total. The number of nitrogens with zero attached hydrogens (tertiary/aromatic N) is 2. The van der Waals surface area contributed by atoms with Crippen LogP contribution >= 0.6 is 15.6 Å². The second-order valence-corrected chi connectivity index (χ2v) is 12.3. The highest BCUT2D eigenvalue weighted by Gasteiger charge is 2.19. The highest BCUT2D eigenvalue weighted by atomic mass is 31.2. The molecular formula is C26H66N2O12P2-2. The second-order valence-electron chi connectivity index (χ2n) is 9.42. The number of hydrogen-bond acceptors (Lipinski definition) is 12. The van der Waals surface area contributed by atoms with Crippen molar-refractivity contribution in [1.82, 2.24) is 9.80 Å². The van der Waals surface area contributed by atoms with E-state index in [0.29, 0.717) is 13.2 Å². The number of hydrogen-bond donors (Lipinski definition) is 3. The molecule has 0 spiro atoms. The zero-order valence-electron chi connectivity index (χ0n) is 27.7. The van der Waals surface area contributed by atoms with Crippen molar-refractivity contribution < 1.29 is 58.2 Å². The summed E-state index contributed by atoms with van der Waals surface area (Å²) in [7, 11) is 0.229. The Bertz CT molecular complexity index is 501. The van der Waals surface area contributed by atoms with Gasteiger partial charge in [0.05, 0.1) is 26.4 Å². The molecule has 0 radical (unpaired) electrons. The van der Waals surface area contributed by atoms with E-state index >= 15 is 0 Å². The smallest absolute Gasteiger partial charge is 0.472 e. The molecule has 42 heavy (non-hydrogen) atoms. The summed E-state index contributed by atoms with van der Waals surface area (Å²) < 4.78 is 40.6. The third-order valence-electron chi connectivity index (χ3n) is 4.53. The molecule has 0 heterocycles. The molecule has 14 nitrogen and oxygen atoms in total. The van der Waals surface area contributed by atoms with Gasteiger partial charge in [0.25, 0.3) is 7.82 Å². The zero-order valence-corrected chi connectivity index (χ0v) is 29.5. The maximum absolute atomic E-state index is 11.1. The van der Waals surface area contributed by atoms with Crippen LogP contribution in [0.2, 0.25) is 0 Å². The molecule has 0 rings (SSSR count). The Morgan fingerprint density at radius 1 is 0.595 bits per heavy atom. The second kappa shape index (κ2) is 41.0. The Balaban J connectivity index is -0.000000105. The van der Waals surface area contributed by atoms with Crippen LogP contribution in [0.1, 0.15) is 91.9 Å². The molecule has 0 saturated heterocycles. The molecule has 0 amide bonds. The largest absolute Gasteiger partial charge is 0.870 e. The van der Waals surface area contributed by atoms with Crippen molar-refractivity contribution in [2.45, 2.75) is 91.9 Å². The minimum absolute atomic E-state index is 0. The van der Waals surface area contributed by atoms with Gasteiger partial charge < -0.3 is 49.8 Å². The van der Waals surface area contributed by atoms with Crippen LogP contribution in [-0.2, 0) is 27.2 Å². The lowest BCUT2D eigenvalue weighted by molar-refractivity contribution is -0.225. The molecule has 0 aliphatic carbocycles. The molecule has 0 unspecified atom stereocenters. The number of phosphoric ester groups is 2. The van der Waals surface area contributed by atoms with Crippen molar-refractivity contribution >= 4 is 15.6 Å². The van der Waals surface area contributed by atoms with Crippen LogP contribution < -0.4 is 4.89 Å². The Labute approximate surface area is 256 Å². The predicted molar refractivity (Wildman–Crippen MR) is 167 cm³/mol. The van der Waals surface area contributed by atoms with Gasteiger partial charge in [0, 0.05) is 13.2 Å². The summed E-state index contributed by atoms with van der Waals surface area (Å²) in [4.78, 5) is 24.1. The lowest BCUT2D eigenvalue weighted by Gasteiger charge is -2.22. The fourth-order valence-corrected chi connectivity index (χ4v) is 3.71. The van der Waals surface area contributed by atoms with Gasteiger partial charge in [0.1, 0.15) is 0 Å². The summed E-state index contributed by atoms with van der Waals surface area (Å²) >= 11 is 0. The van der Waals surface area contributed by atoms with Crippen LogP contribution in [0.3, 0.4) is 0 Å². The molecule has 0 aromatic heterocycles. The molecule has 0 bridgehead atoms. The Morgan fingerprint density at radius 3 is 1.05 bits per heavy atom. The zero-order chi connectivity index (χ0) is 31.7. The minimum atomic E-state index is -4.00. The Kier molecular flexibility index (Phi) is 53.1. The van der Waals surface area contributed by atoms with Crippen molar-refractivity contribution in [2.24, 2.45) is 0 Å². The molecule has 264 valence electrons. The van der Waals surface area contributed by atoms with Crippen LogP contribution in [0.25, 0.3) is 0 Å². The van der Waals surface area contributed by atoms with Gasteiger partial charge in [-0.15, -0.1) is 0 Å². The van der Waals surface area contributed by atoms with E-state index in [0.717, 1.165) is 77.3 Å². The summed E-state index contributed by atoms with van der Waals surface area (Å²) in [6, 6.07) is 0. The molecule has 0 atom stereocenters. The van der Waals surface area contributed by atoms with Gasteiger partial charge in [-0.05, 0) is 79.8 Å². The summed E-state index contributed by atoms with van der Waals surface area (Å²) in [5, 5.41) is 16.6. The van der Waals surface area contributed by atoms with E-state index in [1.54, 1.807) is 0 Å². The minimum Gasteiger partial charge on any atom is -0.870 e. The first-order chi connectivity index (χ1) is 18.8. The van der Waals surface area contributed by atoms with E-state index in [1.165, 1.54) is 0 Å². The third kappa shape index (κ3) is 59.4. The highest BCUT2D eigenvalue weighted by molar-refractivity contribution is 7.47. The van der Waals surface area contributed by atoms with E-state index in [2.05, 4.69) is 18.8 Å². The Hall–Kier alpha value is -0.0200. The van der Waals surface area contributed by atoms with Crippen LogP contribution in [0.5, 0.6) is 0 Å². The average molecular weight is 661 g/mol. The highest BCUT2D eigenvalue weighted by Crippen LogP contribution is 2.43. The van der Waals surface area contributed by atoms with Crippen molar-refractivity contribution in [1.29, 1.82) is 0 Å². The summed E-state index contributed by atoms with van der Waals surface area (Å²) in [5.74, 6) is 0. The monoisotopic (exact) mass is 660 g/mol. The van der Waals surface area contributed by atoms with Crippen LogP contribution in [0.15, 0.2) is 0 Å². The molecule has 0 aliphatic rings. The number of aliphatic hydroxyl groups excluding tert-OH is 2. The Morgan fingerprint density at radius 2 is 0.857 bits per heavy atom. The topological polar surface area (TPSA) is 223 Å². The first-order valence-electron chi connectivity index (χ1n) is 14.5. The van der Waals surface area contributed by atoms with Gasteiger partial charge in [-0.1, -0.05) is 53.4 Å². The lowest BCUT2D eigenvalue weighted by atomic mass is 10.4. The van der Waals surface area contributed by atoms with Gasteiger partial charge in [-0.2, -0.15) is 0 Å². The van der Waals surface area contributed by atoms with Gasteiger partial charge >= 0.3 is 7.82 Å². The molecule has 0 aliphatic heterocycles. The van der Waals surface area contributed by atoms with Crippen LogP contribution in [0.4, 0.5) is 0 Å². The van der Waals surface area contributed by atoms with Crippen molar-refractivity contribution in [3.63, 3.8) is 0 Å². The predicted octanol–water partition coefficient (Wildman–Crippen LogP) is 3.67. The van der Waals surface area contributed by atoms with E-state index in [9.17, 15) is 14.0 Å². The van der Waals surface area contributed by atoms with Crippen LogP contribution in [-0.4, -0.2) is 117 Å². The lowest BCUT2D eigenvalue weighted by Crippen LogP contribution is -2.13. The molecular weight excluding hydrogens is 594 g/mol. The molecule has 0 saturated carbocycles. The first kappa shape index (κ1) is 54.5. The summed E-state index contributed by atoms with van der Waals surface area (Å²) in [5.41, 5.74) is 0. The molecule has 16 heteroatoms. The summed E-state index contributed by atoms with van der Waals surface area (Å²) in [6.07, 6.45) is 8.50. The van der Waals surface area contributed by atoms with Gasteiger partial charge in [0.15, 0.2) is 0 Å². The SMILES string of the molecule is CCCCOP(=O)(O)OCCCC.CCCCOP(=O)([O-])OCCCC.CN(C)CCCO.CN(C)CCCO.O.[OH-]. The fraction of sp³-hybridized carbons (Fsp3) is 1.00. The maximum atomic E-state index is 11.1. The fourth-order valence-electron chi connectivity index (χ4n) is 2.14. The maximum Gasteiger partial charge on any atom is 0.472 e. The van der Waals surface area contributed by atoms with Gasteiger partial charge in [0.2, 0.25) is 0 Å². The number of rotatable bonds is 22.